The summed E-state index contributed by atoms with van der Waals surface area (Å²) in [7, 11) is 0. The second-order valence-corrected chi connectivity index (χ2v) is 7.21. The van der Waals surface area contributed by atoms with E-state index in [4.69, 9.17) is 27.9 Å². The molecule has 3 nitrogen and oxygen atoms in total. The van der Waals surface area contributed by atoms with E-state index in [-0.39, 0.29) is 30.7 Å². The van der Waals surface area contributed by atoms with Gasteiger partial charge in [0.1, 0.15) is 12.7 Å². The number of hydrogen-bond donors (Lipinski definition) is 0. The molecule has 1 heterocycles. The normalized spacial score (nSPS) is 22.1. The van der Waals surface area contributed by atoms with Crippen molar-refractivity contribution in [2.45, 2.75) is 38.5 Å². The van der Waals surface area contributed by atoms with E-state index in [0.717, 1.165) is 17.5 Å². The number of carbonyl (C=O) groups excluding carboxylic acids is 1. The lowest BCUT2D eigenvalue weighted by atomic mass is 9.91. The van der Waals surface area contributed by atoms with Gasteiger partial charge in [-0.3, -0.25) is 4.79 Å². The minimum Gasteiger partial charge on any atom is -0.361 e. The van der Waals surface area contributed by atoms with Crippen LogP contribution in [-0.4, -0.2) is 23.5 Å². The van der Waals surface area contributed by atoms with Crippen LogP contribution in [0, 0.1) is 0 Å². The van der Waals surface area contributed by atoms with Crippen molar-refractivity contribution in [2.24, 2.45) is 0 Å². The van der Waals surface area contributed by atoms with E-state index in [2.05, 4.69) is 13.8 Å². The zero-order chi connectivity index (χ0) is 18.0. The minimum absolute atomic E-state index is 0.00702. The number of nitrogens with zero attached hydrogens (tertiary/aromatic N) is 1. The summed E-state index contributed by atoms with van der Waals surface area (Å²) < 4.78 is 5.97. The van der Waals surface area contributed by atoms with E-state index in [1.54, 1.807) is 0 Å². The van der Waals surface area contributed by atoms with Gasteiger partial charge in [0, 0.05) is 16.1 Å². The molecule has 5 heteroatoms. The van der Waals surface area contributed by atoms with Crippen molar-refractivity contribution in [1.82, 2.24) is 4.90 Å². The van der Waals surface area contributed by atoms with Crippen molar-refractivity contribution < 1.29 is 9.53 Å². The molecule has 0 aromatic heterocycles. The van der Waals surface area contributed by atoms with Crippen LogP contribution in [-0.2, 0) is 9.53 Å². The molecule has 3 atom stereocenters. The van der Waals surface area contributed by atoms with Crippen LogP contribution in [0.4, 0.5) is 0 Å². The molecule has 2 aromatic rings. The standard InChI is InChI=1S/C20H21Cl2NO2/c1-3-13(2)23-18(24)12-25-20(15-5-4-6-17(22)11-15)19(23)14-7-9-16(21)10-8-14/h4-11,13,19-20H,3,12H2,1-2H3/t13-,19+,20+/m0/s1. The zero-order valence-corrected chi connectivity index (χ0v) is 15.8. The second-order valence-electron chi connectivity index (χ2n) is 6.34. The molecule has 0 aliphatic carbocycles. The Bertz CT molecular complexity index is 748. The number of amides is 1. The molecule has 132 valence electrons. The SMILES string of the molecule is CC[C@H](C)N1C(=O)CO[C@H](c2cccc(Cl)c2)[C@H]1c1ccc(Cl)cc1. The second kappa shape index (κ2) is 7.77. The highest BCUT2D eigenvalue weighted by atomic mass is 35.5. The van der Waals surface area contributed by atoms with E-state index in [1.807, 2.05) is 53.4 Å². The Morgan fingerprint density at radius 2 is 1.84 bits per heavy atom. The maximum absolute atomic E-state index is 12.6. The number of ether oxygens (including phenoxy) is 1. The predicted molar refractivity (Wildman–Crippen MR) is 101 cm³/mol. The molecule has 1 aliphatic heterocycles. The monoisotopic (exact) mass is 377 g/mol. The molecule has 1 aliphatic rings. The Labute approximate surface area is 158 Å². The summed E-state index contributed by atoms with van der Waals surface area (Å²) in [5.41, 5.74) is 1.97. The summed E-state index contributed by atoms with van der Waals surface area (Å²) in [6, 6.07) is 15.1. The molecule has 0 bridgehead atoms. The third kappa shape index (κ3) is 3.84. The molecule has 2 aromatic carbocycles. The van der Waals surface area contributed by atoms with Crippen LogP contribution in [0.3, 0.4) is 0 Å². The lowest BCUT2D eigenvalue weighted by Gasteiger charge is -2.44. The Hall–Kier alpha value is -1.55. The number of halogens is 2. The number of rotatable bonds is 4. The van der Waals surface area contributed by atoms with Crippen molar-refractivity contribution >= 4 is 29.1 Å². The first kappa shape index (κ1) is 18.2. The van der Waals surface area contributed by atoms with Crippen LogP contribution in [0.15, 0.2) is 48.5 Å². The van der Waals surface area contributed by atoms with Crippen LogP contribution < -0.4 is 0 Å². The average molecular weight is 378 g/mol. The Kier molecular flexibility index (Phi) is 5.67. The van der Waals surface area contributed by atoms with Crippen LogP contribution in [0.1, 0.15) is 43.5 Å². The molecule has 0 saturated carbocycles. The van der Waals surface area contributed by atoms with Gasteiger partial charge < -0.3 is 9.64 Å². The van der Waals surface area contributed by atoms with Gasteiger partial charge >= 0.3 is 0 Å². The fourth-order valence-electron chi connectivity index (χ4n) is 3.30. The van der Waals surface area contributed by atoms with E-state index in [0.29, 0.717) is 10.0 Å². The largest absolute Gasteiger partial charge is 0.361 e. The average Bonchev–Trinajstić information content (AvgIpc) is 2.61. The van der Waals surface area contributed by atoms with Crippen molar-refractivity contribution in [1.29, 1.82) is 0 Å². The number of benzene rings is 2. The van der Waals surface area contributed by atoms with Gasteiger partial charge in [-0.05, 0) is 48.7 Å². The highest BCUT2D eigenvalue weighted by Crippen LogP contribution is 2.42. The first-order valence-electron chi connectivity index (χ1n) is 8.45. The first-order chi connectivity index (χ1) is 12.0. The van der Waals surface area contributed by atoms with Crippen molar-refractivity contribution in [3.63, 3.8) is 0 Å². The Balaban J connectivity index is 2.08. The summed E-state index contributed by atoms with van der Waals surface area (Å²) >= 11 is 12.2. The lowest BCUT2D eigenvalue weighted by Crippen LogP contribution is -2.49. The zero-order valence-electron chi connectivity index (χ0n) is 14.3. The van der Waals surface area contributed by atoms with Gasteiger partial charge in [-0.2, -0.15) is 0 Å². The fourth-order valence-corrected chi connectivity index (χ4v) is 3.63. The molecule has 1 amide bonds. The van der Waals surface area contributed by atoms with Crippen molar-refractivity contribution in [2.75, 3.05) is 6.61 Å². The van der Waals surface area contributed by atoms with Gasteiger partial charge in [0.05, 0.1) is 6.04 Å². The quantitative estimate of drug-likeness (QED) is 0.710. The molecular weight excluding hydrogens is 357 g/mol. The molecule has 0 spiro atoms. The maximum Gasteiger partial charge on any atom is 0.249 e. The van der Waals surface area contributed by atoms with Crippen molar-refractivity contribution in [3.8, 4) is 0 Å². The van der Waals surface area contributed by atoms with Gasteiger partial charge in [-0.25, -0.2) is 0 Å². The predicted octanol–water partition coefficient (Wildman–Crippen LogP) is 5.43. The molecule has 0 radical (unpaired) electrons. The molecule has 1 saturated heterocycles. The third-order valence-corrected chi connectivity index (χ3v) is 5.20. The molecular formula is C20H21Cl2NO2. The summed E-state index contributed by atoms with van der Waals surface area (Å²) in [5.74, 6) is 0.00702. The van der Waals surface area contributed by atoms with Crippen LogP contribution in [0.5, 0.6) is 0 Å². The Morgan fingerprint density at radius 3 is 2.48 bits per heavy atom. The third-order valence-electron chi connectivity index (χ3n) is 4.72. The molecule has 1 fully saturated rings. The topological polar surface area (TPSA) is 29.5 Å². The van der Waals surface area contributed by atoms with Crippen LogP contribution >= 0.6 is 23.2 Å². The van der Waals surface area contributed by atoms with Gasteiger partial charge in [0.15, 0.2) is 0 Å². The molecule has 25 heavy (non-hydrogen) atoms. The van der Waals surface area contributed by atoms with Gasteiger partial charge in [-0.1, -0.05) is 54.4 Å². The van der Waals surface area contributed by atoms with E-state index >= 15 is 0 Å². The smallest absolute Gasteiger partial charge is 0.249 e. The van der Waals surface area contributed by atoms with Crippen LogP contribution in [0.25, 0.3) is 0 Å². The molecule has 0 N–H and O–H groups in total. The van der Waals surface area contributed by atoms with Gasteiger partial charge in [-0.15, -0.1) is 0 Å². The minimum atomic E-state index is -0.272. The highest BCUT2D eigenvalue weighted by molar-refractivity contribution is 6.30. The summed E-state index contributed by atoms with van der Waals surface area (Å²) in [6.45, 7) is 4.23. The number of carbonyl (C=O) groups is 1. The number of morpholine rings is 1. The van der Waals surface area contributed by atoms with E-state index in [9.17, 15) is 4.79 Å². The summed E-state index contributed by atoms with van der Waals surface area (Å²) in [6.07, 6.45) is 0.601. The van der Waals surface area contributed by atoms with E-state index < -0.39 is 0 Å². The summed E-state index contributed by atoms with van der Waals surface area (Å²) in [4.78, 5) is 14.6. The fraction of sp³-hybridized carbons (Fsp3) is 0.350. The number of hydrogen-bond acceptors (Lipinski definition) is 2. The lowest BCUT2D eigenvalue weighted by molar-refractivity contribution is -0.162. The molecule has 0 unspecified atom stereocenters. The highest BCUT2D eigenvalue weighted by Gasteiger charge is 2.40. The van der Waals surface area contributed by atoms with Crippen LogP contribution in [0.2, 0.25) is 10.0 Å². The maximum atomic E-state index is 12.6. The molecule has 3 rings (SSSR count). The van der Waals surface area contributed by atoms with Gasteiger partial charge in [0.2, 0.25) is 5.91 Å². The Morgan fingerprint density at radius 1 is 1.12 bits per heavy atom. The summed E-state index contributed by atoms with van der Waals surface area (Å²) in [5, 5.41) is 1.32. The van der Waals surface area contributed by atoms with Crippen molar-refractivity contribution in [3.05, 3.63) is 69.7 Å². The van der Waals surface area contributed by atoms with E-state index in [1.165, 1.54) is 0 Å². The van der Waals surface area contributed by atoms with Gasteiger partial charge in [0.25, 0.3) is 0 Å². The first-order valence-corrected chi connectivity index (χ1v) is 9.20.